The summed E-state index contributed by atoms with van der Waals surface area (Å²) in [5.74, 6) is -1.38. The second-order valence-electron chi connectivity index (χ2n) is 7.99. The van der Waals surface area contributed by atoms with Crippen molar-refractivity contribution in [3.63, 3.8) is 0 Å². The monoisotopic (exact) mass is 384 g/mol. The van der Waals surface area contributed by atoms with Crippen LogP contribution in [0.5, 0.6) is 0 Å². The fourth-order valence-corrected chi connectivity index (χ4v) is 4.19. The van der Waals surface area contributed by atoms with E-state index in [9.17, 15) is 14.4 Å². The molecule has 0 saturated carbocycles. The quantitative estimate of drug-likeness (QED) is 0.598. The van der Waals surface area contributed by atoms with Gasteiger partial charge in [0, 0.05) is 0 Å². The van der Waals surface area contributed by atoms with Crippen molar-refractivity contribution in [3.05, 3.63) is 48.0 Å². The minimum Gasteiger partial charge on any atom is -0.449 e. The lowest BCUT2D eigenvalue weighted by molar-refractivity contribution is -0.144. The second kappa shape index (κ2) is 7.05. The van der Waals surface area contributed by atoms with E-state index in [0.29, 0.717) is 6.61 Å². The highest BCUT2D eigenvalue weighted by atomic mass is 16.6. The summed E-state index contributed by atoms with van der Waals surface area (Å²) in [7, 11) is 0. The third kappa shape index (κ3) is 3.09. The molecule has 3 heterocycles. The summed E-state index contributed by atoms with van der Waals surface area (Å²) < 4.78 is 11.1. The van der Waals surface area contributed by atoms with E-state index in [1.54, 1.807) is 6.08 Å². The van der Waals surface area contributed by atoms with Crippen LogP contribution in [-0.2, 0) is 25.6 Å². The lowest BCUT2D eigenvalue weighted by Gasteiger charge is -2.29. The number of benzene rings is 1. The smallest absolute Gasteiger partial charge is 0.407 e. The van der Waals surface area contributed by atoms with E-state index in [2.05, 4.69) is 5.32 Å². The Morgan fingerprint density at radius 3 is 2.71 bits per heavy atom. The molecule has 0 aliphatic carbocycles. The predicted octanol–water partition coefficient (Wildman–Crippen LogP) is 1.88. The fraction of sp³-hybridized carbons (Fsp3) is 0.476. The van der Waals surface area contributed by atoms with Gasteiger partial charge < -0.3 is 14.8 Å². The van der Waals surface area contributed by atoms with Crippen LogP contribution in [0, 0.1) is 17.8 Å². The number of nitrogens with zero attached hydrogens (tertiary/aromatic N) is 1. The summed E-state index contributed by atoms with van der Waals surface area (Å²) in [5, 5.41) is 2.69. The first-order valence-corrected chi connectivity index (χ1v) is 9.58. The van der Waals surface area contributed by atoms with Gasteiger partial charge in [-0.05, 0) is 11.5 Å². The number of hydrogen-bond acceptors (Lipinski definition) is 5. The molecular formula is C21H24N2O5. The van der Waals surface area contributed by atoms with Crippen LogP contribution >= 0.6 is 0 Å². The van der Waals surface area contributed by atoms with Gasteiger partial charge in [-0.2, -0.15) is 0 Å². The molecular weight excluding hydrogens is 360 g/mol. The molecule has 2 saturated heterocycles. The van der Waals surface area contributed by atoms with Gasteiger partial charge in [-0.25, -0.2) is 4.79 Å². The molecule has 0 aromatic heterocycles. The lowest BCUT2D eigenvalue weighted by Crippen LogP contribution is -2.48. The van der Waals surface area contributed by atoms with Crippen LogP contribution in [0.1, 0.15) is 19.4 Å². The molecule has 2 fully saturated rings. The number of imide groups is 1. The summed E-state index contributed by atoms with van der Waals surface area (Å²) in [6, 6.07) is 9.43. The maximum Gasteiger partial charge on any atom is 0.407 e. The first kappa shape index (κ1) is 18.7. The Morgan fingerprint density at radius 1 is 1.25 bits per heavy atom. The maximum absolute atomic E-state index is 13.1. The van der Waals surface area contributed by atoms with Crippen LogP contribution in [0.3, 0.4) is 0 Å². The van der Waals surface area contributed by atoms with Crippen molar-refractivity contribution in [1.29, 1.82) is 0 Å². The SMILES string of the molecule is CC(C)COC(=O)NC[C@]12C=C[C@H](O1)[C@@H]1C(=O)N(Cc3ccccc3)C(=O)[C@@H]12. The van der Waals surface area contributed by atoms with Gasteiger partial charge in [-0.1, -0.05) is 56.3 Å². The van der Waals surface area contributed by atoms with E-state index in [4.69, 9.17) is 9.47 Å². The molecule has 2 bridgehead atoms. The zero-order valence-electron chi connectivity index (χ0n) is 16.0. The Bertz CT molecular complexity index is 821. The topological polar surface area (TPSA) is 84.9 Å². The van der Waals surface area contributed by atoms with Gasteiger partial charge in [0.25, 0.3) is 0 Å². The second-order valence-corrected chi connectivity index (χ2v) is 7.99. The molecule has 3 aliphatic heterocycles. The van der Waals surface area contributed by atoms with E-state index in [1.165, 1.54) is 4.90 Å². The Labute approximate surface area is 163 Å². The highest BCUT2D eigenvalue weighted by Crippen LogP contribution is 2.51. The zero-order chi connectivity index (χ0) is 19.9. The average Bonchev–Trinajstić information content (AvgIpc) is 3.32. The minimum atomic E-state index is -0.996. The number of nitrogens with one attached hydrogen (secondary N) is 1. The number of carbonyl (C=O) groups is 3. The zero-order valence-corrected chi connectivity index (χ0v) is 16.0. The number of amides is 3. The predicted molar refractivity (Wildman–Crippen MR) is 99.9 cm³/mol. The third-order valence-corrected chi connectivity index (χ3v) is 5.49. The van der Waals surface area contributed by atoms with Crippen molar-refractivity contribution in [2.75, 3.05) is 13.2 Å². The van der Waals surface area contributed by atoms with Crippen LogP contribution in [0.4, 0.5) is 4.79 Å². The van der Waals surface area contributed by atoms with Gasteiger partial charge >= 0.3 is 6.09 Å². The molecule has 7 heteroatoms. The van der Waals surface area contributed by atoms with Crippen molar-refractivity contribution in [2.45, 2.75) is 32.1 Å². The Morgan fingerprint density at radius 2 is 2.00 bits per heavy atom. The Kier molecular flexibility index (Phi) is 4.71. The van der Waals surface area contributed by atoms with E-state index < -0.39 is 29.6 Å². The summed E-state index contributed by atoms with van der Waals surface area (Å²) in [5.41, 5.74) is -0.0977. The summed E-state index contributed by atoms with van der Waals surface area (Å²) in [6.45, 7) is 4.55. The largest absolute Gasteiger partial charge is 0.449 e. The van der Waals surface area contributed by atoms with Gasteiger partial charge in [0.1, 0.15) is 5.60 Å². The summed E-state index contributed by atoms with van der Waals surface area (Å²) in [6.07, 6.45) is 2.64. The molecule has 1 aromatic rings. The van der Waals surface area contributed by atoms with Crippen molar-refractivity contribution in [1.82, 2.24) is 10.2 Å². The molecule has 0 unspecified atom stereocenters. The number of hydrogen-bond donors (Lipinski definition) is 1. The van der Waals surface area contributed by atoms with Gasteiger partial charge in [0.05, 0.1) is 37.6 Å². The molecule has 4 atom stereocenters. The first-order valence-electron chi connectivity index (χ1n) is 9.58. The molecule has 3 aliphatic rings. The number of carbonyl (C=O) groups excluding carboxylic acids is 3. The van der Waals surface area contributed by atoms with Crippen molar-refractivity contribution < 1.29 is 23.9 Å². The van der Waals surface area contributed by atoms with Crippen LogP contribution in [0.2, 0.25) is 0 Å². The number of ether oxygens (including phenoxy) is 2. The minimum absolute atomic E-state index is 0.0935. The van der Waals surface area contributed by atoms with Gasteiger partial charge in [-0.3, -0.25) is 14.5 Å². The molecule has 3 amide bonds. The highest BCUT2D eigenvalue weighted by Gasteiger charge is 2.67. The van der Waals surface area contributed by atoms with Crippen molar-refractivity contribution in [3.8, 4) is 0 Å². The van der Waals surface area contributed by atoms with Gasteiger partial charge in [0.2, 0.25) is 11.8 Å². The van der Waals surface area contributed by atoms with Crippen LogP contribution in [0.15, 0.2) is 42.5 Å². The normalized spacial score (nSPS) is 30.2. The molecule has 0 spiro atoms. The van der Waals surface area contributed by atoms with Crippen molar-refractivity contribution >= 4 is 17.9 Å². The number of rotatable bonds is 6. The van der Waals surface area contributed by atoms with Crippen LogP contribution < -0.4 is 5.32 Å². The van der Waals surface area contributed by atoms with E-state index in [-0.39, 0.29) is 30.8 Å². The molecule has 7 nitrogen and oxygen atoms in total. The van der Waals surface area contributed by atoms with E-state index in [0.717, 1.165) is 5.56 Å². The molecule has 1 N–H and O–H groups in total. The van der Waals surface area contributed by atoms with Crippen LogP contribution in [-0.4, -0.2) is 47.7 Å². The average molecular weight is 384 g/mol. The Hall–Kier alpha value is -2.67. The fourth-order valence-electron chi connectivity index (χ4n) is 4.19. The van der Waals surface area contributed by atoms with Crippen LogP contribution in [0.25, 0.3) is 0 Å². The van der Waals surface area contributed by atoms with Crippen molar-refractivity contribution in [2.24, 2.45) is 17.8 Å². The third-order valence-electron chi connectivity index (χ3n) is 5.49. The molecule has 1 aromatic carbocycles. The van der Waals surface area contributed by atoms with Gasteiger partial charge in [-0.15, -0.1) is 0 Å². The summed E-state index contributed by atoms with van der Waals surface area (Å²) in [4.78, 5) is 39.3. The van der Waals surface area contributed by atoms with Gasteiger partial charge in [0.15, 0.2) is 0 Å². The lowest BCUT2D eigenvalue weighted by atomic mass is 9.77. The van der Waals surface area contributed by atoms with E-state index in [1.807, 2.05) is 50.3 Å². The number of likely N-dealkylation sites (tertiary alicyclic amines) is 1. The molecule has 148 valence electrons. The maximum atomic E-state index is 13.1. The number of alkyl carbamates (subject to hydrolysis) is 1. The molecule has 28 heavy (non-hydrogen) atoms. The summed E-state index contributed by atoms with van der Waals surface area (Å²) >= 11 is 0. The molecule has 4 rings (SSSR count). The Balaban J connectivity index is 1.48. The van der Waals surface area contributed by atoms with E-state index >= 15 is 0 Å². The standard InChI is InChI=1S/C21H24N2O5/c1-13(2)11-27-20(26)22-12-21-9-8-15(28-21)16-17(21)19(25)23(18(16)24)10-14-6-4-3-5-7-14/h3-9,13,15-17H,10-12H2,1-2H3,(H,22,26)/t15-,16-,17+,21-/m0/s1. The number of fused-ring (bicyclic) bond motifs is 5. The highest BCUT2D eigenvalue weighted by molar-refractivity contribution is 6.07. The molecule has 0 radical (unpaired) electrons. The first-order chi connectivity index (χ1) is 13.4.